The van der Waals surface area contributed by atoms with Crippen LogP contribution in [0.2, 0.25) is 0 Å². The van der Waals surface area contributed by atoms with Crippen molar-refractivity contribution in [1.29, 1.82) is 0 Å². The van der Waals surface area contributed by atoms with E-state index in [9.17, 15) is 4.79 Å². The van der Waals surface area contributed by atoms with Crippen molar-refractivity contribution in [2.24, 2.45) is 11.7 Å². The minimum absolute atomic E-state index is 0. The Labute approximate surface area is 126 Å². The van der Waals surface area contributed by atoms with Crippen LogP contribution in [0.25, 0.3) is 0 Å². The zero-order valence-electron chi connectivity index (χ0n) is 11.0. The number of aromatic nitrogens is 1. The molecular weight excluding hydrogens is 285 g/mol. The lowest BCUT2D eigenvalue weighted by molar-refractivity contribution is -0.134. The van der Waals surface area contributed by atoms with Crippen LogP contribution in [0.1, 0.15) is 24.8 Å². The van der Waals surface area contributed by atoms with Crippen molar-refractivity contribution < 1.29 is 4.79 Å². The fraction of sp³-hybridized carbons (Fsp3) is 0.538. The van der Waals surface area contributed by atoms with Crippen LogP contribution in [-0.4, -0.2) is 28.9 Å². The molecule has 0 aliphatic heterocycles. The topological polar surface area (TPSA) is 59.2 Å². The molecule has 0 spiro atoms. The first-order chi connectivity index (χ1) is 8.16. The zero-order valence-corrected chi connectivity index (χ0v) is 12.6. The second kappa shape index (κ2) is 8.35. The average Bonchev–Trinajstić information content (AvgIpc) is 2.76. The summed E-state index contributed by atoms with van der Waals surface area (Å²) in [5.41, 5.74) is 6.95. The minimum Gasteiger partial charge on any atom is -0.341 e. The quantitative estimate of drug-likeness (QED) is 0.929. The Hall–Kier alpha value is -0.840. The Balaban J connectivity index is 0.00000162. The molecule has 1 heterocycles. The highest BCUT2D eigenvalue weighted by molar-refractivity contribution is 5.85. The molecule has 1 aromatic rings. The Morgan fingerprint density at radius 3 is 2.53 bits per heavy atom. The third-order valence-electron chi connectivity index (χ3n) is 3.37. The summed E-state index contributed by atoms with van der Waals surface area (Å²) in [5, 5.41) is 0. The lowest BCUT2D eigenvalue weighted by atomic mass is 10.1. The van der Waals surface area contributed by atoms with E-state index >= 15 is 0 Å². The first kappa shape index (κ1) is 18.2. The molecule has 1 aliphatic carbocycles. The molecule has 2 atom stereocenters. The van der Waals surface area contributed by atoms with E-state index in [0.29, 0.717) is 6.54 Å². The van der Waals surface area contributed by atoms with E-state index in [1.54, 1.807) is 17.3 Å². The number of hydrogen-bond acceptors (Lipinski definition) is 3. The van der Waals surface area contributed by atoms with Crippen molar-refractivity contribution in [2.45, 2.75) is 31.8 Å². The van der Waals surface area contributed by atoms with Crippen LogP contribution < -0.4 is 5.73 Å². The van der Waals surface area contributed by atoms with E-state index in [1.165, 1.54) is 0 Å². The summed E-state index contributed by atoms with van der Waals surface area (Å²) in [5.74, 6) is 0.339. The molecule has 6 heteroatoms. The van der Waals surface area contributed by atoms with Crippen molar-refractivity contribution in [3.8, 4) is 0 Å². The molecule has 0 saturated heterocycles. The van der Waals surface area contributed by atoms with E-state index in [1.807, 2.05) is 19.2 Å². The number of amides is 1. The molecule has 1 amide bonds. The van der Waals surface area contributed by atoms with Gasteiger partial charge in [0.2, 0.25) is 5.91 Å². The maximum atomic E-state index is 12.1. The average molecular weight is 306 g/mol. The maximum absolute atomic E-state index is 12.1. The number of carbonyl (C=O) groups is 1. The highest BCUT2D eigenvalue weighted by Crippen LogP contribution is 2.26. The van der Waals surface area contributed by atoms with Crippen molar-refractivity contribution in [3.05, 3.63) is 30.1 Å². The van der Waals surface area contributed by atoms with Crippen LogP contribution in [0.3, 0.4) is 0 Å². The van der Waals surface area contributed by atoms with Gasteiger partial charge >= 0.3 is 0 Å². The molecule has 4 nitrogen and oxygen atoms in total. The monoisotopic (exact) mass is 305 g/mol. The number of nitrogens with two attached hydrogens (primary N) is 1. The number of rotatable bonds is 3. The van der Waals surface area contributed by atoms with Gasteiger partial charge in [-0.1, -0.05) is 0 Å². The van der Waals surface area contributed by atoms with Gasteiger partial charge < -0.3 is 10.6 Å². The Morgan fingerprint density at radius 1 is 1.37 bits per heavy atom. The minimum atomic E-state index is 0. The second-order valence-electron chi connectivity index (χ2n) is 4.82. The van der Waals surface area contributed by atoms with Gasteiger partial charge in [-0.15, -0.1) is 24.8 Å². The van der Waals surface area contributed by atoms with Crippen LogP contribution in [0, 0.1) is 5.92 Å². The van der Waals surface area contributed by atoms with Gasteiger partial charge in [-0.3, -0.25) is 9.78 Å². The van der Waals surface area contributed by atoms with E-state index in [0.717, 1.165) is 24.8 Å². The number of pyridine rings is 1. The van der Waals surface area contributed by atoms with Gasteiger partial charge in [0.25, 0.3) is 0 Å². The van der Waals surface area contributed by atoms with E-state index in [4.69, 9.17) is 5.73 Å². The smallest absolute Gasteiger partial charge is 0.225 e. The van der Waals surface area contributed by atoms with Crippen LogP contribution in [0.5, 0.6) is 0 Å². The standard InChI is InChI=1S/C13H19N3O.2ClH/c1-16(9-10-4-6-15-7-5-10)13(17)11-2-3-12(14)8-11;;/h4-7,11-12H,2-3,8-9,14H2,1H3;2*1H. The largest absolute Gasteiger partial charge is 0.341 e. The van der Waals surface area contributed by atoms with E-state index < -0.39 is 0 Å². The van der Waals surface area contributed by atoms with Crippen molar-refractivity contribution >= 4 is 30.7 Å². The van der Waals surface area contributed by atoms with Gasteiger partial charge in [0.1, 0.15) is 0 Å². The molecule has 1 aromatic heterocycles. The molecule has 1 saturated carbocycles. The molecule has 1 fully saturated rings. The highest BCUT2D eigenvalue weighted by atomic mass is 35.5. The molecular formula is C13H21Cl2N3O. The highest BCUT2D eigenvalue weighted by Gasteiger charge is 2.29. The maximum Gasteiger partial charge on any atom is 0.225 e. The van der Waals surface area contributed by atoms with E-state index in [-0.39, 0.29) is 42.7 Å². The van der Waals surface area contributed by atoms with Gasteiger partial charge in [-0.25, -0.2) is 0 Å². The predicted octanol–water partition coefficient (Wildman–Crippen LogP) is 2.01. The molecule has 0 aromatic carbocycles. The number of nitrogens with zero attached hydrogens (tertiary/aromatic N) is 2. The van der Waals surface area contributed by atoms with Crippen molar-refractivity contribution in [2.75, 3.05) is 7.05 Å². The lowest BCUT2D eigenvalue weighted by Crippen LogP contribution is -2.32. The van der Waals surface area contributed by atoms with Gasteiger partial charge in [0.05, 0.1) is 0 Å². The Morgan fingerprint density at radius 2 is 2.00 bits per heavy atom. The van der Waals surface area contributed by atoms with E-state index in [2.05, 4.69) is 4.98 Å². The number of hydrogen-bond donors (Lipinski definition) is 1. The fourth-order valence-corrected chi connectivity index (χ4v) is 2.39. The SMILES string of the molecule is CN(Cc1ccncc1)C(=O)C1CCC(N)C1.Cl.Cl. The number of carbonyl (C=O) groups excluding carboxylic acids is 1. The number of halogens is 2. The van der Waals surface area contributed by atoms with Gasteiger partial charge in [-0.2, -0.15) is 0 Å². The van der Waals surface area contributed by atoms with Gasteiger partial charge in [0.15, 0.2) is 0 Å². The Kier molecular flexibility index (Phi) is 7.99. The zero-order chi connectivity index (χ0) is 12.3. The molecule has 2 rings (SSSR count). The van der Waals surface area contributed by atoms with Crippen molar-refractivity contribution in [3.63, 3.8) is 0 Å². The fourth-order valence-electron chi connectivity index (χ4n) is 2.39. The summed E-state index contributed by atoms with van der Waals surface area (Å²) in [7, 11) is 1.85. The summed E-state index contributed by atoms with van der Waals surface area (Å²) >= 11 is 0. The van der Waals surface area contributed by atoms with Crippen molar-refractivity contribution in [1.82, 2.24) is 9.88 Å². The summed E-state index contributed by atoms with van der Waals surface area (Å²) in [6.07, 6.45) is 6.23. The molecule has 0 bridgehead atoms. The summed E-state index contributed by atoms with van der Waals surface area (Å²) in [6.45, 7) is 0.646. The molecule has 19 heavy (non-hydrogen) atoms. The third kappa shape index (κ3) is 4.97. The van der Waals surface area contributed by atoms with Gasteiger partial charge in [0, 0.05) is 37.9 Å². The predicted molar refractivity (Wildman–Crippen MR) is 80.5 cm³/mol. The molecule has 2 N–H and O–H groups in total. The molecule has 108 valence electrons. The first-order valence-corrected chi connectivity index (χ1v) is 6.06. The summed E-state index contributed by atoms with van der Waals surface area (Å²) in [6, 6.07) is 4.08. The summed E-state index contributed by atoms with van der Waals surface area (Å²) < 4.78 is 0. The molecule has 1 aliphatic rings. The van der Waals surface area contributed by atoms with Crippen LogP contribution in [0.15, 0.2) is 24.5 Å². The first-order valence-electron chi connectivity index (χ1n) is 6.06. The molecule has 0 radical (unpaired) electrons. The van der Waals surface area contributed by atoms with Crippen LogP contribution >= 0.6 is 24.8 Å². The third-order valence-corrected chi connectivity index (χ3v) is 3.37. The summed E-state index contributed by atoms with van der Waals surface area (Å²) in [4.78, 5) is 17.9. The van der Waals surface area contributed by atoms with Gasteiger partial charge in [-0.05, 0) is 37.0 Å². The normalized spacial score (nSPS) is 21.2. The van der Waals surface area contributed by atoms with Crippen LogP contribution in [0.4, 0.5) is 0 Å². The lowest BCUT2D eigenvalue weighted by Gasteiger charge is -2.21. The Bertz CT molecular complexity index is 389. The second-order valence-corrected chi connectivity index (χ2v) is 4.82. The van der Waals surface area contributed by atoms with Crippen LogP contribution in [-0.2, 0) is 11.3 Å². The molecule has 2 unspecified atom stereocenters.